The first-order chi connectivity index (χ1) is 6.54. The van der Waals surface area contributed by atoms with E-state index in [2.05, 4.69) is 0 Å². The zero-order valence-electron chi connectivity index (χ0n) is 7.70. The van der Waals surface area contributed by atoms with E-state index in [1.165, 1.54) is 0 Å². The average Bonchev–Trinajstić information content (AvgIpc) is 1.96. The molecule has 0 saturated heterocycles. The van der Waals surface area contributed by atoms with Crippen LogP contribution in [0.5, 0.6) is 0 Å². The van der Waals surface area contributed by atoms with Crippen LogP contribution in [0, 0.1) is 0 Å². The number of carboxylic acid groups (broad SMARTS) is 2. The summed E-state index contributed by atoms with van der Waals surface area (Å²) in [7, 11) is -5.17. The first-order valence-electron chi connectivity index (χ1n) is 3.41. The fourth-order valence-corrected chi connectivity index (χ4v) is 0.402. The third kappa shape index (κ3) is 29.2. The number of carbonyl (C=O) groups is 2. The quantitative estimate of drug-likeness (QED) is 0.298. The molecule has 0 aliphatic rings. The van der Waals surface area contributed by atoms with E-state index in [-0.39, 0.29) is 29.9 Å². The summed E-state index contributed by atoms with van der Waals surface area (Å²) >= 11 is 0. The molecule has 0 unspecified atom stereocenters. The topological polar surface area (TPSA) is 181 Å². The van der Waals surface area contributed by atoms with Crippen LogP contribution >= 0.6 is 0 Å². The Labute approximate surface area is 102 Å². The summed E-state index contributed by atoms with van der Waals surface area (Å²) in [6.45, 7) is 0. The Morgan fingerprint density at radius 2 is 1.56 bits per heavy atom. The molecule has 0 spiro atoms. The summed E-state index contributed by atoms with van der Waals surface area (Å²) in [5.74, 6) is -2.20. The zero-order valence-corrected chi connectivity index (χ0v) is 9.70. The number of hydrogen-bond donors (Lipinski definition) is 3. The van der Waals surface area contributed by atoms with Crippen molar-refractivity contribution in [2.45, 2.75) is 18.9 Å². The van der Waals surface area contributed by atoms with Gasteiger partial charge in [-0.3, -0.25) is 18.0 Å². The number of rotatable bonds is 4. The van der Waals surface area contributed by atoms with Gasteiger partial charge in [-0.25, -0.2) is 0 Å². The molecule has 0 aromatic carbocycles. The fraction of sp³-hybridized carbons (Fsp3) is 0.600. The van der Waals surface area contributed by atoms with Crippen molar-refractivity contribution in [1.82, 2.24) is 0 Å². The molecule has 0 aliphatic carbocycles. The minimum atomic E-state index is -5.17. The Morgan fingerprint density at radius 1 is 1.25 bits per heavy atom. The molecule has 0 aromatic heterocycles. The van der Waals surface area contributed by atoms with Crippen molar-refractivity contribution in [3.05, 3.63) is 0 Å². The van der Waals surface area contributed by atoms with Crippen LogP contribution < -0.4 is 5.73 Å². The van der Waals surface area contributed by atoms with Gasteiger partial charge in [-0.1, -0.05) is 0 Å². The van der Waals surface area contributed by atoms with E-state index in [0.717, 1.165) is 0 Å². The second-order valence-electron chi connectivity index (χ2n) is 2.29. The van der Waals surface area contributed by atoms with Crippen molar-refractivity contribution in [3.63, 3.8) is 0 Å². The molecule has 9 nitrogen and oxygen atoms in total. The predicted molar refractivity (Wildman–Crippen MR) is 43.0 cm³/mol. The van der Waals surface area contributed by atoms with Gasteiger partial charge < -0.3 is 25.1 Å². The Morgan fingerprint density at radius 3 is 1.75 bits per heavy atom. The fourth-order valence-electron chi connectivity index (χ4n) is 0.402. The van der Waals surface area contributed by atoms with E-state index in [1.54, 1.807) is 0 Å². The van der Waals surface area contributed by atoms with Crippen LogP contribution in [-0.4, -0.2) is 45.7 Å². The van der Waals surface area contributed by atoms with E-state index < -0.39 is 28.4 Å². The Balaban J connectivity index is -0.000000242. The zero-order chi connectivity index (χ0) is 12.6. The molecule has 0 bridgehead atoms. The average molecular weight is 298 g/mol. The minimum Gasteiger partial charge on any atom is -0.759 e. The monoisotopic (exact) mass is 298 g/mol. The van der Waals surface area contributed by atoms with E-state index in [1.807, 2.05) is 0 Å². The first-order valence-corrected chi connectivity index (χ1v) is 4.74. The molecule has 0 amide bonds. The minimum absolute atomic E-state index is 0. The summed E-state index contributed by atoms with van der Waals surface area (Å²) in [4.78, 5) is 19.9. The van der Waals surface area contributed by atoms with Gasteiger partial charge in [0.2, 0.25) is 0 Å². The summed E-state index contributed by atoms with van der Waals surface area (Å²) in [6.07, 6.45) is -0.224. The van der Waals surface area contributed by atoms with Gasteiger partial charge in [-0.2, -0.15) is 0 Å². The Kier molecular flexibility index (Phi) is 12.3. The van der Waals surface area contributed by atoms with E-state index in [4.69, 9.17) is 33.5 Å². The van der Waals surface area contributed by atoms with Crippen LogP contribution in [0.1, 0.15) is 12.8 Å². The molecule has 0 fully saturated rings. The smallest absolute Gasteiger partial charge is 0.759 e. The molecular weight excluding hydrogens is 289 g/mol. The van der Waals surface area contributed by atoms with Crippen LogP contribution in [0.4, 0.5) is 0 Å². The van der Waals surface area contributed by atoms with Crippen molar-refractivity contribution in [3.8, 4) is 0 Å². The van der Waals surface area contributed by atoms with Crippen LogP contribution in [0.2, 0.25) is 0 Å². The number of aliphatic carboxylic acids is 2. The number of nitrogens with two attached hydrogens (primary N) is 1. The standard InChI is InChI=1S/C5H9NO4.Mn.H2O4S/c6-3(5(9)10)1-2-4(7)8;;1-5(2,3)4/h3H,1-2,6H2,(H,7,8)(H,9,10);;(H2,1,2,3,4)/q;+2;/p-2/t3-;;/m1../s1. The van der Waals surface area contributed by atoms with Gasteiger partial charge in [0.1, 0.15) is 6.04 Å². The first kappa shape index (κ1) is 20.7. The largest absolute Gasteiger partial charge is 2.00 e. The van der Waals surface area contributed by atoms with E-state index >= 15 is 0 Å². The summed E-state index contributed by atoms with van der Waals surface area (Å²) < 4.78 is 34.1. The molecule has 0 heterocycles. The van der Waals surface area contributed by atoms with E-state index in [9.17, 15) is 9.59 Å². The van der Waals surface area contributed by atoms with Gasteiger partial charge in [0.15, 0.2) is 0 Å². The van der Waals surface area contributed by atoms with Crippen LogP contribution in [0.3, 0.4) is 0 Å². The van der Waals surface area contributed by atoms with Crippen molar-refractivity contribution >= 4 is 22.3 Å². The summed E-state index contributed by atoms with van der Waals surface area (Å²) in [5.41, 5.74) is 5.00. The number of carboxylic acids is 2. The maximum Gasteiger partial charge on any atom is 2.00 e. The van der Waals surface area contributed by atoms with Gasteiger partial charge in [-0.15, -0.1) is 0 Å². The molecule has 16 heavy (non-hydrogen) atoms. The van der Waals surface area contributed by atoms with Gasteiger partial charge in [0.05, 0.1) is 0 Å². The normalized spacial score (nSPS) is 11.4. The van der Waals surface area contributed by atoms with Crippen molar-refractivity contribution in [2.75, 3.05) is 0 Å². The summed E-state index contributed by atoms with van der Waals surface area (Å²) in [5, 5.41) is 16.3. The van der Waals surface area contributed by atoms with Gasteiger partial charge in [0.25, 0.3) is 0 Å². The van der Waals surface area contributed by atoms with Gasteiger partial charge in [-0.05, 0) is 6.42 Å². The van der Waals surface area contributed by atoms with E-state index in [0.29, 0.717) is 0 Å². The second kappa shape index (κ2) is 9.51. The van der Waals surface area contributed by atoms with Gasteiger partial charge >= 0.3 is 29.0 Å². The third-order valence-electron chi connectivity index (χ3n) is 0.986. The van der Waals surface area contributed by atoms with Gasteiger partial charge in [0, 0.05) is 16.8 Å². The van der Waals surface area contributed by atoms with Crippen LogP contribution in [0.15, 0.2) is 0 Å². The number of hydrogen-bond acceptors (Lipinski definition) is 7. The Bertz CT molecular complexity index is 306. The van der Waals surface area contributed by atoms with Crippen LogP contribution in [0.25, 0.3) is 0 Å². The molecule has 4 N–H and O–H groups in total. The molecular formula is C5H9MnNO8S. The SMILES string of the molecule is N[C@H](CCC(=O)O)C(=O)O.O=S(=O)([O-])[O-].[Mn+2]. The van der Waals surface area contributed by atoms with Crippen molar-refractivity contribution in [2.24, 2.45) is 5.73 Å². The Hall–Kier alpha value is -0.711. The van der Waals surface area contributed by atoms with Crippen LogP contribution in [-0.2, 0) is 37.1 Å². The predicted octanol–water partition coefficient (Wildman–Crippen LogP) is -2.08. The molecule has 0 rings (SSSR count). The van der Waals surface area contributed by atoms with Crippen molar-refractivity contribution in [1.29, 1.82) is 0 Å². The second-order valence-corrected chi connectivity index (χ2v) is 3.10. The maximum atomic E-state index is 9.99. The van der Waals surface area contributed by atoms with Crippen molar-refractivity contribution < 1.29 is 54.4 Å². The molecule has 95 valence electrons. The maximum absolute atomic E-state index is 9.99. The third-order valence-corrected chi connectivity index (χ3v) is 0.986. The molecule has 0 aliphatic heterocycles. The summed E-state index contributed by atoms with van der Waals surface area (Å²) in [6, 6.07) is -1.06. The molecule has 0 saturated carbocycles. The molecule has 11 heteroatoms. The molecule has 1 radical (unpaired) electrons. The molecule has 0 aromatic rings. The molecule has 1 atom stereocenters.